The molecule has 0 bridgehead atoms. The molecule has 1 fully saturated rings. The molecule has 1 saturated heterocycles. The molecular weight excluding hydrogens is 354 g/mol. The first-order chi connectivity index (χ1) is 12.0. The van der Waals surface area contributed by atoms with Crippen molar-refractivity contribution in [3.63, 3.8) is 0 Å². The van der Waals surface area contributed by atoms with E-state index in [2.05, 4.69) is 24.3 Å². The highest BCUT2D eigenvalue weighted by Gasteiger charge is 2.34. The highest BCUT2D eigenvalue weighted by Crippen LogP contribution is 2.25. The number of sulfone groups is 1. The van der Waals surface area contributed by atoms with Crippen molar-refractivity contribution >= 4 is 38.3 Å². The molecule has 0 aromatic heterocycles. The van der Waals surface area contributed by atoms with Crippen molar-refractivity contribution in [1.29, 1.82) is 0 Å². The van der Waals surface area contributed by atoms with E-state index >= 15 is 0 Å². The van der Waals surface area contributed by atoms with Gasteiger partial charge in [0, 0.05) is 17.5 Å². The van der Waals surface area contributed by atoms with E-state index in [4.69, 9.17) is 0 Å². The van der Waals surface area contributed by atoms with Crippen LogP contribution in [0.5, 0.6) is 0 Å². The van der Waals surface area contributed by atoms with Gasteiger partial charge in [-0.2, -0.15) is 0 Å². The molecule has 1 aliphatic heterocycles. The van der Waals surface area contributed by atoms with Crippen LogP contribution in [0.2, 0.25) is 0 Å². The lowest BCUT2D eigenvalue weighted by Crippen LogP contribution is -2.42. The fraction of sp³-hybridized carbons (Fsp3) is 0.421. The lowest BCUT2D eigenvalue weighted by molar-refractivity contribution is -0.130. The molecule has 3 rings (SSSR count). The van der Waals surface area contributed by atoms with E-state index in [9.17, 15) is 13.2 Å². The zero-order valence-corrected chi connectivity index (χ0v) is 16.0. The third-order valence-electron chi connectivity index (χ3n) is 4.52. The molecular formula is C19H23NO3S2. The number of hydrogen-bond donors (Lipinski definition) is 0. The Morgan fingerprint density at radius 2 is 1.96 bits per heavy atom. The first kappa shape index (κ1) is 18.3. The summed E-state index contributed by atoms with van der Waals surface area (Å²) in [5.41, 5.74) is 0. The molecule has 0 radical (unpaired) electrons. The molecule has 4 nitrogen and oxygen atoms in total. The fourth-order valence-electron chi connectivity index (χ4n) is 3.26. The van der Waals surface area contributed by atoms with Crippen molar-refractivity contribution in [2.75, 3.05) is 23.8 Å². The van der Waals surface area contributed by atoms with Gasteiger partial charge in [-0.1, -0.05) is 37.3 Å². The third-order valence-corrected chi connectivity index (χ3v) is 7.25. The van der Waals surface area contributed by atoms with E-state index in [0.717, 1.165) is 16.7 Å². The maximum atomic E-state index is 12.7. The summed E-state index contributed by atoms with van der Waals surface area (Å²) in [6.45, 7) is 2.64. The fourth-order valence-corrected chi connectivity index (χ4v) is 5.82. The van der Waals surface area contributed by atoms with Gasteiger partial charge in [0.25, 0.3) is 0 Å². The molecule has 1 atom stereocenters. The van der Waals surface area contributed by atoms with Gasteiger partial charge in [0.1, 0.15) is 0 Å². The number of fused-ring (bicyclic) bond motifs is 1. The van der Waals surface area contributed by atoms with E-state index in [0.29, 0.717) is 18.7 Å². The Morgan fingerprint density at radius 3 is 2.64 bits per heavy atom. The first-order valence-corrected chi connectivity index (χ1v) is 11.4. The molecule has 1 unspecified atom stereocenters. The van der Waals surface area contributed by atoms with Gasteiger partial charge in [0.05, 0.1) is 17.3 Å². The molecule has 1 aliphatic rings. The van der Waals surface area contributed by atoms with Crippen molar-refractivity contribution in [1.82, 2.24) is 4.90 Å². The van der Waals surface area contributed by atoms with Crippen molar-refractivity contribution < 1.29 is 13.2 Å². The number of thioether (sulfide) groups is 1. The number of rotatable bonds is 6. The molecule has 25 heavy (non-hydrogen) atoms. The summed E-state index contributed by atoms with van der Waals surface area (Å²) < 4.78 is 23.5. The normalized spacial score (nSPS) is 19.2. The van der Waals surface area contributed by atoms with Gasteiger partial charge in [-0.3, -0.25) is 4.79 Å². The lowest BCUT2D eigenvalue weighted by atomic mass is 10.1. The van der Waals surface area contributed by atoms with Crippen LogP contribution in [0.4, 0.5) is 0 Å². The Labute approximate surface area is 153 Å². The number of benzene rings is 2. The maximum absolute atomic E-state index is 12.7. The summed E-state index contributed by atoms with van der Waals surface area (Å²) in [5, 5.41) is 2.34. The van der Waals surface area contributed by atoms with Crippen molar-refractivity contribution in [3.05, 3.63) is 42.5 Å². The second-order valence-corrected chi connectivity index (χ2v) is 9.72. The molecule has 2 aromatic rings. The summed E-state index contributed by atoms with van der Waals surface area (Å²) in [5.74, 6) is 0.680. The smallest absolute Gasteiger partial charge is 0.233 e. The Bertz CT molecular complexity index is 864. The Kier molecular flexibility index (Phi) is 5.69. The summed E-state index contributed by atoms with van der Waals surface area (Å²) in [7, 11) is -2.98. The average molecular weight is 378 g/mol. The third kappa shape index (κ3) is 4.55. The van der Waals surface area contributed by atoms with Gasteiger partial charge in [0.2, 0.25) is 5.91 Å². The highest BCUT2D eigenvalue weighted by molar-refractivity contribution is 8.00. The van der Waals surface area contributed by atoms with E-state index in [-0.39, 0.29) is 23.5 Å². The molecule has 1 amide bonds. The van der Waals surface area contributed by atoms with Gasteiger partial charge in [-0.15, -0.1) is 11.8 Å². The predicted octanol–water partition coefficient (Wildman–Crippen LogP) is 3.36. The maximum Gasteiger partial charge on any atom is 0.233 e. The summed E-state index contributed by atoms with van der Waals surface area (Å²) in [4.78, 5) is 15.5. The van der Waals surface area contributed by atoms with Crippen LogP contribution in [0.25, 0.3) is 10.8 Å². The molecule has 0 N–H and O–H groups in total. The minimum absolute atomic E-state index is 0.0297. The van der Waals surface area contributed by atoms with Crippen LogP contribution in [0.15, 0.2) is 47.4 Å². The van der Waals surface area contributed by atoms with E-state index in [1.807, 2.05) is 25.1 Å². The largest absolute Gasteiger partial charge is 0.338 e. The minimum Gasteiger partial charge on any atom is -0.338 e. The van der Waals surface area contributed by atoms with Gasteiger partial charge in [-0.25, -0.2) is 8.42 Å². The van der Waals surface area contributed by atoms with Gasteiger partial charge in [-0.05, 0) is 35.7 Å². The molecule has 6 heteroatoms. The van der Waals surface area contributed by atoms with Crippen molar-refractivity contribution in [2.45, 2.75) is 30.7 Å². The molecule has 0 spiro atoms. The Balaban J connectivity index is 1.66. The quantitative estimate of drug-likeness (QED) is 0.725. The second kappa shape index (κ2) is 7.79. The summed E-state index contributed by atoms with van der Waals surface area (Å²) in [6.07, 6.45) is 1.40. The Hall–Kier alpha value is -1.53. The number of amides is 1. The molecule has 0 aliphatic carbocycles. The number of hydrogen-bond acceptors (Lipinski definition) is 4. The van der Waals surface area contributed by atoms with Gasteiger partial charge in [0.15, 0.2) is 9.84 Å². The van der Waals surface area contributed by atoms with Crippen LogP contribution in [0, 0.1) is 0 Å². The summed E-state index contributed by atoms with van der Waals surface area (Å²) >= 11 is 1.52. The molecule has 1 heterocycles. The van der Waals surface area contributed by atoms with Crippen molar-refractivity contribution in [2.24, 2.45) is 0 Å². The monoisotopic (exact) mass is 377 g/mol. The van der Waals surface area contributed by atoms with Crippen molar-refractivity contribution in [3.8, 4) is 0 Å². The summed E-state index contributed by atoms with van der Waals surface area (Å²) in [6, 6.07) is 14.2. The van der Waals surface area contributed by atoms with E-state index < -0.39 is 9.84 Å². The van der Waals surface area contributed by atoms with Crippen LogP contribution < -0.4 is 0 Å². The zero-order valence-electron chi connectivity index (χ0n) is 14.3. The van der Waals surface area contributed by atoms with Gasteiger partial charge >= 0.3 is 0 Å². The SMILES string of the molecule is CCCN(C(=O)CSc1ccc2ccccc2c1)C1CCS(=O)(=O)C1. The number of nitrogens with zero attached hydrogens (tertiary/aromatic N) is 1. The zero-order chi connectivity index (χ0) is 17.9. The topological polar surface area (TPSA) is 54.5 Å². The van der Waals surface area contributed by atoms with Gasteiger partial charge < -0.3 is 4.90 Å². The second-order valence-electron chi connectivity index (χ2n) is 6.44. The predicted molar refractivity (Wildman–Crippen MR) is 104 cm³/mol. The lowest BCUT2D eigenvalue weighted by Gasteiger charge is -2.27. The molecule has 2 aromatic carbocycles. The standard InChI is InChI=1S/C19H23NO3S2/c1-2-10-20(17-9-11-25(22,23)14-17)19(21)13-24-18-8-7-15-5-3-4-6-16(15)12-18/h3-8,12,17H,2,9-11,13-14H2,1H3. The molecule has 0 saturated carbocycles. The first-order valence-electron chi connectivity index (χ1n) is 8.60. The van der Waals surface area contributed by atoms with Crippen LogP contribution in [0.3, 0.4) is 0 Å². The van der Waals surface area contributed by atoms with Crippen LogP contribution >= 0.6 is 11.8 Å². The van der Waals surface area contributed by atoms with E-state index in [1.54, 1.807) is 4.90 Å². The number of carbonyl (C=O) groups is 1. The molecule has 134 valence electrons. The van der Waals surface area contributed by atoms with Crippen LogP contribution in [0.1, 0.15) is 19.8 Å². The Morgan fingerprint density at radius 1 is 1.20 bits per heavy atom. The average Bonchev–Trinajstić information content (AvgIpc) is 2.97. The minimum atomic E-state index is -2.98. The van der Waals surface area contributed by atoms with Crippen LogP contribution in [-0.2, 0) is 14.6 Å². The van der Waals surface area contributed by atoms with E-state index in [1.165, 1.54) is 17.1 Å². The number of carbonyl (C=O) groups excluding carboxylic acids is 1. The van der Waals surface area contributed by atoms with Crippen LogP contribution in [-0.4, -0.2) is 49.1 Å². The highest BCUT2D eigenvalue weighted by atomic mass is 32.2.